The molecule has 0 fully saturated rings. The topological polar surface area (TPSA) is 12.0 Å². The summed E-state index contributed by atoms with van der Waals surface area (Å²) in [6.07, 6.45) is 3.18. The zero-order valence-corrected chi connectivity index (χ0v) is 10.2. The second kappa shape index (κ2) is 5.04. The van der Waals surface area contributed by atoms with Gasteiger partial charge in [-0.3, -0.25) is 0 Å². The Labute approximate surface area is 88.6 Å². The highest BCUT2D eigenvalue weighted by molar-refractivity contribution is 5.25. The molecule has 0 saturated heterocycles. The van der Waals surface area contributed by atoms with Crippen LogP contribution in [0.15, 0.2) is 36.2 Å². The third-order valence-electron chi connectivity index (χ3n) is 2.07. The molecule has 1 N–H and O–H groups in total. The smallest absolute Gasteiger partial charge is 0.0308 e. The van der Waals surface area contributed by atoms with Crippen molar-refractivity contribution in [3.05, 3.63) is 36.2 Å². The molecule has 0 aliphatic carbocycles. The first-order valence-corrected chi connectivity index (χ1v) is 5.10. The van der Waals surface area contributed by atoms with Crippen LogP contribution < -0.4 is 5.32 Å². The van der Waals surface area contributed by atoms with Crippen molar-refractivity contribution in [2.75, 3.05) is 0 Å². The van der Waals surface area contributed by atoms with Gasteiger partial charge in [0, 0.05) is 11.4 Å². The van der Waals surface area contributed by atoms with Crippen LogP contribution >= 0.6 is 0 Å². The average Bonchev–Trinajstić information content (AvgIpc) is 1.96. The Kier molecular flexibility index (Phi) is 4.69. The van der Waals surface area contributed by atoms with Crippen LogP contribution in [-0.2, 0) is 0 Å². The molecule has 0 aromatic carbocycles. The van der Waals surface area contributed by atoms with Gasteiger partial charge in [0.2, 0.25) is 0 Å². The van der Waals surface area contributed by atoms with Gasteiger partial charge in [-0.25, -0.2) is 0 Å². The summed E-state index contributed by atoms with van der Waals surface area (Å²) in [5, 5.41) is 3.11. The van der Waals surface area contributed by atoms with Crippen LogP contribution in [0.1, 0.15) is 41.0 Å². The van der Waals surface area contributed by atoms with Crippen LogP contribution in [0.25, 0.3) is 0 Å². The second-order valence-electron chi connectivity index (χ2n) is 4.70. The van der Waals surface area contributed by atoms with Gasteiger partial charge >= 0.3 is 0 Å². The average molecular weight is 193 g/mol. The molecule has 0 spiro atoms. The van der Waals surface area contributed by atoms with Crippen molar-refractivity contribution in [2.24, 2.45) is 5.41 Å². The minimum absolute atomic E-state index is 0.217. The first-order valence-electron chi connectivity index (χ1n) is 5.10. The first kappa shape index (κ1) is 13.0. The van der Waals surface area contributed by atoms with Gasteiger partial charge < -0.3 is 5.32 Å². The molecule has 0 atom stereocenters. The fourth-order valence-corrected chi connectivity index (χ4v) is 1.37. The fraction of sp³-hybridized carbons (Fsp3) is 0.538. The van der Waals surface area contributed by atoms with E-state index in [0.717, 1.165) is 17.8 Å². The lowest BCUT2D eigenvalue weighted by Crippen LogP contribution is -2.12. The summed E-state index contributed by atoms with van der Waals surface area (Å²) in [7, 11) is 0. The molecule has 0 unspecified atom stereocenters. The van der Waals surface area contributed by atoms with Crippen LogP contribution in [0.2, 0.25) is 0 Å². The molecule has 0 aliphatic rings. The Morgan fingerprint density at radius 3 is 2.07 bits per heavy atom. The maximum absolute atomic E-state index is 3.95. The third kappa shape index (κ3) is 4.90. The lowest BCUT2D eigenvalue weighted by atomic mass is 9.84. The summed E-state index contributed by atoms with van der Waals surface area (Å²) in [4.78, 5) is 0. The Bertz CT molecular complexity index is 251. The molecule has 14 heavy (non-hydrogen) atoms. The van der Waals surface area contributed by atoms with Crippen LogP contribution in [0, 0.1) is 5.41 Å². The molecule has 0 aliphatic heterocycles. The maximum Gasteiger partial charge on any atom is 0.0308 e. The normalized spacial score (nSPS) is 12.5. The van der Waals surface area contributed by atoms with E-state index in [9.17, 15) is 0 Å². The van der Waals surface area contributed by atoms with Gasteiger partial charge in [0.25, 0.3) is 0 Å². The summed E-state index contributed by atoms with van der Waals surface area (Å²) in [5.41, 5.74) is 3.46. The molecule has 0 aromatic heterocycles. The summed E-state index contributed by atoms with van der Waals surface area (Å²) >= 11 is 0. The van der Waals surface area contributed by atoms with Gasteiger partial charge in [-0.2, -0.15) is 0 Å². The highest BCUT2D eigenvalue weighted by Gasteiger charge is 2.14. The van der Waals surface area contributed by atoms with Crippen molar-refractivity contribution in [1.82, 2.24) is 5.32 Å². The number of allylic oxidation sites excluding steroid dienone is 3. The molecule has 0 aromatic rings. The number of rotatable bonds is 4. The zero-order valence-electron chi connectivity index (χ0n) is 10.2. The minimum Gasteiger partial charge on any atom is -0.360 e. The van der Waals surface area contributed by atoms with E-state index < -0.39 is 0 Å². The van der Waals surface area contributed by atoms with E-state index in [1.54, 1.807) is 0 Å². The number of hydrogen-bond acceptors (Lipinski definition) is 1. The molecule has 0 saturated carbocycles. The summed E-state index contributed by atoms with van der Waals surface area (Å²) < 4.78 is 0. The van der Waals surface area contributed by atoms with E-state index in [1.807, 2.05) is 6.92 Å². The molecule has 0 bridgehead atoms. The zero-order chi connectivity index (χ0) is 11.4. The molecule has 80 valence electrons. The van der Waals surface area contributed by atoms with Gasteiger partial charge in [-0.15, -0.1) is 0 Å². The molecule has 0 amide bonds. The lowest BCUT2D eigenvalue weighted by Gasteiger charge is -2.22. The standard InChI is InChI=1S/C13H23N/c1-8-12(13(5,6)7)9-11(4)14-10(2)3/h9,14H,2,4,8H2,1,3,5-7H3/b12-9+. The van der Waals surface area contributed by atoms with Gasteiger partial charge in [0.05, 0.1) is 0 Å². The Morgan fingerprint density at radius 2 is 1.79 bits per heavy atom. The largest absolute Gasteiger partial charge is 0.360 e. The third-order valence-corrected chi connectivity index (χ3v) is 2.07. The van der Waals surface area contributed by atoms with E-state index >= 15 is 0 Å². The molecule has 1 heteroatoms. The van der Waals surface area contributed by atoms with Crippen molar-refractivity contribution in [2.45, 2.75) is 41.0 Å². The van der Waals surface area contributed by atoms with E-state index in [4.69, 9.17) is 0 Å². The van der Waals surface area contributed by atoms with E-state index in [0.29, 0.717) is 0 Å². The quantitative estimate of drug-likeness (QED) is 0.665. The lowest BCUT2D eigenvalue weighted by molar-refractivity contribution is 0.487. The second-order valence-corrected chi connectivity index (χ2v) is 4.70. The number of hydrogen-bond donors (Lipinski definition) is 1. The Balaban J connectivity index is 4.61. The van der Waals surface area contributed by atoms with Crippen LogP contribution in [-0.4, -0.2) is 0 Å². The van der Waals surface area contributed by atoms with Crippen molar-refractivity contribution in [3.63, 3.8) is 0 Å². The summed E-state index contributed by atoms with van der Waals surface area (Å²) in [5.74, 6) is 0. The predicted octanol–water partition coefficient (Wildman–Crippen LogP) is 4.01. The van der Waals surface area contributed by atoms with Gasteiger partial charge in [0.1, 0.15) is 0 Å². The highest BCUT2D eigenvalue weighted by atomic mass is 14.9. The molecule has 0 rings (SSSR count). The Hall–Kier alpha value is -0.980. The molecular formula is C13H23N. The minimum atomic E-state index is 0.217. The van der Waals surface area contributed by atoms with E-state index in [1.165, 1.54) is 5.57 Å². The van der Waals surface area contributed by atoms with Crippen LogP contribution in [0.4, 0.5) is 0 Å². The number of nitrogens with one attached hydrogen (secondary N) is 1. The van der Waals surface area contributed by atoms with Crippen LogP contribution in [0.5, 0.6) is 0 Å². The van der Waals surface area contributed by atoms with Crippen molar-refractivity contribution in [1.29, 1.82) is 0 Å². The van der Waals surface area contributed by atoms with Gasteiger partial charge in [-0.05, 0) is 24.8 Å². The molecular weight excluding hydrogens is 170 g/mol. The first-order chi connectivity index (χ1) is 6.27. The maximum atomic E-state index is 3.95. The van der Waals surface area contributed by atoms with E-state index in [-0.39, 0.29) is 5.41 Å². The van der Waals surface area contributed by atoms with Crippen molar-refractivity contribution in [3.8, 4) is 0 Å². The monoisotopic (exact) mass is 193 g/mol. The van der Waals surface area contributed by atoms with Gasteiger partial charge in [0.15, 0.2) is 0 Å². The predicted molar refractivity (Wildman–Crippen MR) is 64.9 cm³/mol. The fourth-order valence-electron chi connectivity index (χ4n) is 1.37. The molecule has 1 nitrogen and oxygen atoms in total. The molecule has 0 radical (unpaired) electrons. The highest BCUT2D eigenvalue weighted by Crippen LogP contribution is 2.28. The van der Waals surface area contributed by atoms with Crippen LogP contribution in [0.3, 0.4) is 0 Å². The molecule has 0 heterocycles. The van der Waals surface area contributed by atoms with Crippen molar-refractivity contribution < 1.29 is 0 Å². The Morgan fingerprint density at radius 1 is 1.29 bits per heavy atom. The SMILES string of the molecule is C=C(C)NC(=C)/C=C(\CC)C(C)(C)C. The van der Waals surface area contributed by atoms with Crippen molar-refractivity contribution >= 4 is 0 Å². The summed E-state index contributed by atoms with van der Waals surface area (Å²) in [6, 6.07) is 0. The van der Waals surface area contributed by atoms with Gasteiger partial charge in [-0.1, -0.05) is 46.4 Å². The summed E-state index contributed by atoms with van der Waals surface area (Å²) in [6.45, 7) is 18.5. The van der Waals surface area contributed by atoms with E-state index in [2.05, 4.69) is 52.2 Å².